The minimum atomic E-state index is -4.91. The highest BCUT2D eigenvalue weighted by Crippen LogP contribution is 2.44. The van der Waals surface area contributed by atoms with Crippen LogP contribution in [0.2, 0.25) is 0 Å². The van der Waals surface area contributed by atoms with Crippen molar-refractivity contribution in [2.45, 2.75) is 77.3 Å². The van der Waals surface area contributed by atoms with Crippen LogP contribution < -0.4 is 20.3 Å². The third kappa shape index (κ3) is 7.75. The summed E-state index contributed by atoms with van der Waals surface area (Å²) in [6.45, 7) is 8.45. The van der Waals surface area contributed by atoms with Crippen LogP contribution in [0.5, 0.6) is 5.75 Å². The van der Waals surface area contributed by atoms with Gasteiger partial charge in [0, 0.05) is 44.6 Å². The Morgan fingerprint density at radius 1 is 1.24 bits per heavy atom. The minimum absolute atomic E-state index is 0.0195. The van der Waals surface area contributed by atoms with Gasteiger partial charge >= 0.3 is 12.3 Å². The molecule has 2 aliphatic rings. The molecule has 0 aliphatic carbocycles. The molecule has 1 aromatic rings. The molecule has 4 amide bonds. The molecule has 0 radical (unpaired) electrons. The molecule has 3 rings (SSSR count). The summed E-state index contributed by atoms with van der Waals surface area (Å²) >= 11 is 6.04. The molecule has 2 aliphatic heterocycles. The summed E-state index contributed by atoms with van der Waals surface area (Å²) in [7, 11) is 0. The maximum atomic E-state index is 14.2. The van der Waals surface area contributed by atoms with Crippen LogP contribution in [0.3, 0.4) is 0 Å². The van der Waals surface area contributed by atoms with Gasteiger partial charge in [0.1, 0.15) is 5.75 Å². The van der Waals surface area contributed by atoms with E-state index in [1.165, 1.54) is 23.6 Å². The van der Waals surface area contributed by atoms with Gasteiger partial charge in [0.2, 0.25) is 5.91 Å². The topological polar surface area (TPSA) is 117 Å². The van der Waals surface area contributed by atoms with Gasteiger partial charge in [0.15, 0.2) is 11.2 Å². The van der Waals surface area contributed by atoms with Crippen molar-refractivity contribution in [3.8, 4) is 5.75 Å². The number of rotatable bonds is 8. The molecule has 14 heteroatoms. The number of alkyl halides is 4. The van der Waals surface area contributed by atoms with Crippen molar-refractivity contribution in [2.24, 2.45) is 5.92 Å². The Morgan fingerprint density at radius 3 is 2.54 bits per heavy atom. The number of carbonyl (C=O) groups excluding carboxylic acids is 4. The lowest BCUT2D eigenvalue weighted by Gasteiger charge is -2.39. The Kier molecular flexibility index (Phi) is 10.0. The fourth-order valence-corrected chi connectivity index (χ4v) is 4.60. The SMILES string of the molecule is CCC(=O)NCCN1C(=O)C(C)(C)Oc2cc(C(F)(F)F)c(C(=O)N[C@@H]3CCCN(C(=O)OC(Cl)C(C)C)C3)cc21. The molecule has 10 nitrogen and oxygen atoms in total. The fraction of sp³-hybridized carbons (Fsp3) is 0.630. The van der Waals surface area contributed by atoms with Gasteiger partial charge in [-0.05, 0) is 38.8 Å². The summed E-state index contributed by atoms with van der Waals surface area (Å²) in [5.74, 6) is -2.16. The zero-order chi connectivity index (χ0) is 30.7. The Balaban J connectivity index is 1.89. The number of anilines is 1. The number of halogens is 4. The third-order valence-corrected chi connectivity index (χ3v) is 7.39. The van der Waals surface area contributed by atoms with Crippen molar-refractivity contribution in [1.82, 2.24) is 15.5 Å². The number of amides is 4. The van der Waals surface area contributed by atoms with E-state index in [1.807, 2.05) is 0 Å². The molecule has 1 fully saturated rings. The minimum Gasteiger partial charge on any atom is -0.476 e. The summed E-state index contributed by atoms with van der Waals surface area (Å²) < 4.78 is 53.4. The molecule has 41 heavy (non-hydrogen) atoms. The quantitative estimate of drug-likeness (QED) is 0.428. The van der Waals surface area contributed by atoms with Crippen LogP contribution >= 0.6 is 11.6 Å². The normalized spacial score (nSPS) is 19.3. The number of likely N-dealkylation sites (tertiary alicyclic amines) is 1. The largest absolute Gasteiger partial charge is 0.476 e. The van der Waals surface area contributed by atoms with E-state index in [1.54, 1.807) is 20.8 Å². The predicted octanol–water partition coefficient (Wildman–Crippen LogP) is 4.29. The van der Waals surface area contributed by atoms with E-state index in [0.29, 0.717) is 25.5 Å². The molecular formula is C27H36ClF3N4O6. The lowest BCUT2D eigenvalue weighted by molar-refractivity contribution is -0.138. The summed E-state index contributed by atoms with van der Waals surface area (Å²) in [6.07, 6.45) is -4.45. The van der Waals surface area contributed by atoms with Gasteiger partial charge in [-0.2, -0.15) is 13.2 Å². The highest BCUT2D eigenvalue weighted by atomic mass is 35.5. The third-order valence-electron chi connectivity index (χ3n) is 6.80. The molecular weight excluding hydrogens is 569 g/mol. The molecule has 0 saturated carbocycles. The summed E-state index contributed by atoms with van der Waals surface area (Å²) in [6, 6.07) is 1.05. The summed E-state index contributed by atoms with van der Waals surface area (Å²) in [5, 5.41) is 5.23. The van der Waals surface area contributed by atoms with Gasteiger partial charge in [0.25, 0.3) is 11.8 Å². The number of hydrogen-bond donors (Lipinski definition) is 2. The Hall–Kier alpha value is -3.22. The van der Waals surface area contributed by atoms with Crippen molar-refractivity contribution in [3.63, 3.8) is 0 Å². The number of nitrogens with one attached hydrogen (secondary N) is 2. The first-order valence-corrected chi connectivity index (χ1v) is 13.9. The molecule has 0 spiro atoms. The molecule has 2 atom stereocenters. The molecule has 1 aromatic carbocycles. The number of fused-ring (bicyclic) bond motifs is 1. The molecule has 1 unspecified atom stereocenters. The standard InChI is InChI=1S/C27H36ClF3N4O6/c1-6-21(36)32-9-11-35-19-12-17(18(27(29,30)31)13-20(19)41-26(4,5)24(35)38)23(37)33-16-8-7-10-34(14-16)25(39)40-22(28)15(2)3/h12-13,15-16,22H,6-11,14H2,1-5H3,(H,32,36)(H,33,37)/t16-,22?/m1/s1. The summed E-state index contributed by atoms with van der Waals surface area (Å²) in [4.78, 5) is 53.2. The van der Waals surface area contributed by atoms with Gasteiger partial charge in [-0.15, -0.1) is 0 Å². The van der Waals surface area contributed by atoms with E-state index in [9.17, 15) is 32.3 Å². The van der Waals surface area contributed by atoms with E-state index in [4.69, 9.17) is 21.1 Å². The van der Waals surface area contributed by atoms with Gasteiger partial charge < -0.3 is 29.9 Å². The van der Waals surface area contributed by atoms with Crippen LogP contribution in [-0.4, -0.2) is 72.1 Å². The average molecular weight is 605 g/mol. The van der Waals surface area contributed by atoms with Crippen LogP contribution in [-0.2, 0) is 20.5 Å². The van der Waals surface area contributed by atoms with E-state index < -0.39 is 52.4 Å². The van der Waals surface area contributed by atoms with Gasteiger partial charge in [0.05, 0.1) is 16.8 Å². The zero-order valence-corrected chi connectivity index (χ0v) is 24.4. The first-order chi connectivity index (χ1) is 19.0. The maximum Gasteiger partial charge on any atom is 0.417 e. The van der Waals surface area contributed by atoms with Crippen LogP contribution in [0, 0.1) is 5.92 Å². The monoisotopic (exact) mass is 604 g/mol. The second-order valence-corrected chi connectivity index (χ2v) is 11.3. The van der Waals surface area contributed by atoms with Gasteiger partial charge in [-0.3, -0.25) is 14.4 Å². The first kappa shape index (κ1) is 32.3. The Morgan fingerprint density at radius 2 is 1.93 bits per heavy atom. The van der Waals surface area contributed by atoms with Crippen molar-refractivity contribution in [2.75, 3.05) is 31.1 Å². The predicted molar refractivity (Wildman–Crippen MR) is 145 cm³/mol. The summed E-state index contributed by atoms with van der Waals surface area (Å²) in [5.41, 5.74) is -4.28. The van der Waals surface area contributed by atoms with Gasteiger partial charge in [-0.1, -0.05) is 32.4 Å². The van der Waals surface area contributed by atoms with Crippen LogP contribution in [0.25, 0.3) is 0 Å². The van der Waals surface area contributed by atoms with E-state index in [2.05, 4.69) is 10.6 Å². The highest BCUT2D eigenvalue weighted by molar-refractivity contribution is 6.20. The van der Waals surface area contributed by atoms with Crippen molar-refractivity contribution in [3.05, 3.63) is 23.3 Å². The second kappa shape index (κ2) is 12.7. The lowest BCUT2D eigenvalue weighted by Crippen LogP contribution is -2.54. The van der Waals surface area contributed by atoms with Crippen molar-refractivity contribution < 1.29 is 41.8 Å². The number of ether oxygens (including phenoxy) is 2. The number of piperidine rings is 1. The molecule has 2 N–H and O–H groups in total. The Bertz CT molecular complexity index is 1180. The number of carbonyl (C=O) groups is 4. The lowest BCUT2D eigenvalue weighted by atomic mass is 9.98. The second-order valence-electron chi connectivity index (χ2n) is 10.9. The van der Waals surface area contributed by atoms with Crippen LogP contribution in [0.4, 0.5) is 23.7 Å². The van der Waals surface area contributed by atoms with E-state index in [0.717, 1.165) is 6.07 Å². The highest BCUT2D eigenvalue weighted by Gasteiger charge is 2.44. The molecule has 228 valence electrons. The van der Waals surface area contributed by atoms with Crippen LogP contribution in [0.15, 0.2) is 12.1 Å². The number of nitrogens with zero attached hydrogens (tertiary/aromatic N) is 2. The van der Waals surface area contributed by atoms with E-state index >= 15 is 0 Å². The van der Waals surface area contributed by atoms with E-state index in [-0.39, 0.29) is 49.3 Å². The van der Waals surface area contributed by atoms with Crippen molar-refractivity contribution >= 4 is 41.1 Å². The number of benzene rings is 1. The molecule has 1 saturated heterocycles. The molecule has 0 bridgehead atoms. The van der Waals surface area contributed by atoms with Gasteiger partial charge in [-0.25, -0.2) is 4.79 Å². The molecule has 0 aromatic heterocycles. The van der Waals surface area contributed by atoms with Crippen molar-refractivity contribution in [1.29, 1.82) is 0 Å². The fourth-order valence-electron chi connectivity index (χ4n) is 4.52. The maximum absolute atomic E-state index is 14.2. The smallest absolute Gasteiger partial charge is 0.417 e. The average Bonchev–Trinajstić information content (AvgIpc) is 2.89. The number of hydrogen-bond acceptors (Lipinski definition) is 6. The molecule has 2 heterocycles. The van der Waals surface area contributed by atoms with Crippen LogP contribution in [0.1, 0.15) is 69.8 Å². The Labute approximate surface area is 241 Å². The zero-order valence-electron chi connectivity index (χ0n) is 23.7. The first-order valence-electron chi connectivity index (χ1n) is 13.5.